The molecule has 86 valence electrons. The molecule has 17 heavy (non-hydrogen) atoms. The SMILES string of the molecule is O=C(O)c1ncnc(Nc2ccccn2)c1Cl. The first kappa shape index (κ1) is 11.3. The molecule has 0 saturated heterocycles. The third kappa shape index (κ3) is 2.48. The Morgan fingerprint density at radius 3 is 2.76 bits per heavy atom. The van der Waals surface area contributed by atoms with Crippen LogP contribution >= 0.6 is 11.6 Å². The quantitative estimate of drug-likeness (QED) is 0.866. The number of rotatable bonds is 3. The van der Waals surface area contributed by atoms with Gasteiger partial charge in [-0.05, 0) is 12.1 Å². The van der Waals surface area contributed by atoms with Crippen LogP contribution in [0.5, 0.6) is 0 Å². The molecular weight excluding hydrogens is 244 g/mol. The molecule has 2 heterocycles. The van der Waals surface area contributed by atoms with Gasteiger partial charge in [0.15, 0.2) is 11.5 Å². The van der Waals surface area contributed by atoms with E-state index in [-0.39, 0.29) is 16.5 Å². The minimum absolute atomic E-state index is 0.0503. The Kier molecular flexibility index (Phi) is 3.15. The maximum absolute atomic E-state index is 10.8. The largest absolute Gasteiger partial charge is 0.476 e. The number of pyridine rings is 1. The lowest BCUT2D eigenvalue weighted by Crippen LogP contribution is -2.05. The van der Waals surface area contributed by atoms with Crippen molar-refractivity contribution in [1.29, 1.82) is 0 Å². The Morgan fingerprint density at radius 2 is 2.12 bits per heavy atom. The molecule has 0 unspecified atom stereocenters. The third-order valence-electron chi connectivity index (χ3n) is 1.90. The second kappa shape index (κ2) is 4.75. The standard InChI is InChI=1S/C10H7ClN4O2/c11-7-8(10(16)17)13-5-14-9(7)15-6-3-1-2-4-12-6/h1-5H,(H,16,17)(H,12,13,14,15). The van der Waals surface area contributed by atoms with E-state index < -0.39 is 5.97 Å². The van der Waals surface area contributed by atoms with Crippen molar-refractivity contribution in [3.8, 4) is 0 Å². The number of nitrogens with one attached hydrogen (secondary N) is 1. The second-order valence-electron chi connectivity index (χ2n) is 3.03. The maximum Gasteiger partial charge on any atom is 0.356 e. The van der Waals surface area contributed by atoms with Gasteiger partial charge in [0.05, 0.1) is 0 Å². The van der Waals surface area contributed by atoms with Crippen molar-refractivity contribution in [3.63, 3.8) is 0 Å². The summed E-state index contributed by atoms with van der Waals surface area (Å²) in [5.74, 6) is -0.483. The molecule has 0 fully saturated rings. The number of carboxylic acid groups (broad SMARTS) is 1. The number of hydrogen-bond donors (Lipinski definition) is 2. The van der Waals surface area contributed by atoms with E-state index in [9.17, 15) is 4.79 Å². The number of aromatic nitrogens is 3. The minimum Gasteiger partial charge on any atom is -0.476 e. The number of halogens is 1. The van der Waals surface area contributed by atoms with Crippen molar-refractivity contribution < 1.29 is 9.90 Å². The maximum atomic E-state index is 10.8. The number of anilines is 2. The Bertz CT molecular complexity index is 547. The molecule has 0 saturated carbocycles. The number of aromatic carboxylic acids is 1. The molecule has 0 atom stereocenters. The van der Waals surface area contributed by atoms with Crippen LogP contribution in [0.2, 0.25) is 5.02 Å². The molecule has 2 aromatic rings. The summed E-state index contributed by atoms with van der Waals surface area (Å²) in [5.41, 5.74) is -0.250. The van der Waals surface area contributed by atoms with Crippen LogP contribution < -0.4 is 5.32 Å². The Balaban J connectivity index is 2.34. The zero-order chi connectivity index (χ0) is 12.3. The smallest absolute Gasteiger partial charge is 0.356 e. The first-order valence-corrected chi connectivity index (χ1v) is 4.98. The predicted octanol–water partition coefficient (Wildman–Crippen LogP) is 1.97. The van der Waals surface area contributed by atoms with Crippen molar-refractivity contribution in [2.24, 2.45) is 0 Å². The number of nitrogens with zero attached hydrogens (tertiary/aromatic N) is 3. The fourth-order valence-corrected chi connectivity index (χ4v) is 1.39. The van der Waals surface area contributed by atoms with E-state index in [0.717, 1.165) is 6.33 Å². The summed E-state index contributed by atoms with van der Waals surface area (Å²) in [7, 11) is 0. The van der Waals surface area contributed by atoms with Gasteiger partial charge < -0.3 is 10.4 Å². The fraction of sp³-hybridized carbons (Fsp3) is 0. The predicted molar refractivity (Wildman–Crippen MR) is 61.5 cm³/mol. The first-order chi connectivity index (χ1) is 8.18. The molecule has 2 N–H and O–H groups in total. The molecule has 0 amide bonds. The van der Waals surface area contributed by atoms with Gasteiger partial charge in [0.1, 0.15) is 17.2 Å². The Morgan fingerprint density at radius 1 is 1.29 bits per heavy atom. The van der Waals surface area contributed by atoms with Crippen LogP contribution in [0.1, 0.15) is 10.5 Å². The van der Waals surface area contributed by atoms with E-state index >= 15 is 0 Å². The molecule has 2 rings (SSSR count). The third-order valence-corrected chi connectivity index (χ3v) is 2.26. The van der Waals surface area contributed by atoms with Crippen LogP contribution in [-0.4, -0.2) is 26.0 Å². The number of carboxylic acids is 1. The molecule has 0 aliphatic rings. The Hall–Kier alpha value is -2.21. The number of carbonyl (C=O) groups is 1. The van der Waals surface area contributed by atoms with E-state index in [4.69, 9.17) is 16.7 Å². The van der Waals surface area contributed by atoms with Crippen LogP contribution in [0.4, 0.5) is 11.6 Å². The monoisotopic (exact) mass is 250 g/mol. The van der Waals surface area contributed by atoms with Crippen molar-refractivity contribution in [2.45, 2.75) is 0 Å². The molecule has 0 aliphatic carbocycles. The molecule has 0 aliphatic heterocycles. The van der Waals surface area contributed by atoms with Crippen LogP contribution in [0, 0.1) is 0 Å². The zero-order valence-corrected chi connectivity index (χ0v) is 9.22. The molecule has 0 bridgehead atoms. The molecule has 0 radical (unpaired) electrons. The molecule has 0 aromatic carbocycles. The number of hydrogen-bond acceptors (Lipinski definition) is 5. The van der Waals surface area contributed by atoms with Gasteiger partial charge in [-0.1, -0.05) is 17.7 Å². The second-order valence-corrected chi connectivity index (χ2v) is 3.41. The van der Waals surface area contributed by atoms with Crippen molar-refractivity contribution >= 4 is 29.2 Å². The van der Waals surface area contributed by atoms with Crippen molar-refractivity contribution in [2.75, 3.05) is 5.32 Å². The normalized spacial score (nSPS) is 9.94. The summed E-state index contributed by atoms with van der Waals surface area (Å²) in [6, 6.07) is 5.25. The molecule has 0 spiro atoms. The molecule has 2 aromatic heterocycles. The van der Waals surface area contributed by atoms with Gasteiger partial charge in [-0.25, -0.2) is 19.7 Å². The van der Waals surface area contributed by atoms with Crippen LogP contribution in [0.25, 0.3) is 0 Å². The highest BCUT2D eigenvalue weighted by Crippen LogP contribution is 2.24. The zero-order valence-electron chi connectivity index (χ0n) is 8.46. The summed E-state index contributed by atoms with van der Waals surface area (Å²) in [5, 5.41) is 11.6. The summed E-state index contributed by atoms with van der Waals surface area (Å²) in [6.45, 7) is 0. The van der Waals surface area contributed by atoms with Crippen LogP contribution in [0.15, 0.2) is 30.7 Å². The van der Waals surface area contributed by atoms with Crippen molar-refractivity contribution in [1.82, 2.24) is 15.0 Å². The molecular formula is C10H7ClN4O2. The van der Waals surface area contributed by atoms with E-state index in [0.29, 0.717) is 5.82 Å². The van der Waals surface area contributed by atoms with Gasteiger partial charge in [-0.2, -0.15) is 0 Å². The minimum atomic E-state index is -1.21. The first-order valence-electron chi connectivity index (χ1n) is 4.60. The van der Waals surface area contributed by atoms with E-state index in [1.165, 1.54) is 0 Å². The molecule has 6 nitrogen and oxygen atoms in total. The summed E-state index contributed by atoms with van der Waals surface area (Å²) in [6.07, 6.45) is 2.72. The van der Waals surface area contributed by atoms with Crippen molar-refractivity contribution in [3.05, 3.63) is 41.4 Å². The summed E-state index contributed by atoms with van der Waals surface area (Å²) >= 11 is 5.86. The average Bonchev–Trinajstić information content (AvgIpc) is 2.33. The highest BCUT2D eigenvalue weighted by atomic mass is 35.5. The van der Waals surface area contributed by atoms with Gasteiger partial charge in [0.25, 0.3) is 0 Å². The topological polar surface area (TPSA) is 88.0 Å². The Labute approximate surface area is 101 Å². The van der Waals surface area contributed by atoms with Gasteiger partial charge in [-0.3, -0.25) is 0 Å². The lowest BCUT2D eigenvalue weighted by atomic mass is 10.4. The highest BCUT2D eigenvalue weighted by Gasteiger charge is 2.15. The lowest BCUT2D eigenvalue weighted by Gasteiger charge is -2.06. The summed E-state index contributed by atoms with van der Waals surface area (Å²) in [4.78, 5) is 22.3. The summed E-state index contributed by atoms with van der Waals surface area (Å²) < 4.78 is 0. The van der Waals surface area contributed by atoms with Gasteiger partial charge in [-0.15, -0.1) is 0 Å². The van der Waals surface area contributed by atoms with E-state index in [2.05, 4.69) is 20.3 Å². The van der Waals surface area contributed by atoms with Crippen LogP contribution in [0.3, 0.4) is 0 Å². The fourth-order valence-electron chi connectivity index (χ4n) is 1.16. The van der Waals surface area contributed by atoms with Crippen LogP contribution in [-0.2, 0) is 0 Å². The lowest BCUT2D eigenvalue weighted by molar-refractivity contribution is 0.0690. The highest BCUT2D eigenvalue weighted by molar-refractivity contribution is 6.35. The van der Waals surface area contributed by atoms with Gasteiger partial charge in [0.2, 0.25) is 0 Å². The van der Waals surface area contributed by atoms with E-state index in [1.807, 2.05) is 0 Å². The van der Waals surface area contributed by atoms with Gasteiger partial charge in [0, 0.05) is 6.20 Å². The van der Waals surface area contributed by atoms with E-state index in [1.54, 1.807) is 24.4 Å². The van der Waals surface area contributed by atoms with Gasteiger partial charge >= 0.3 is 5.97 Å². The average molecular weight is 251 g/mol. The molecule has 7 heteroatoms.